The van der Waals surface area contributed by atoms with E-state index in [1.165, 1.54) is 50.2 Å². The molecule has 4 aromatic rings. The molecule has 1 heteroatoms. The Morgan fingerprint density at radius 1 is 0.649 bits per heavy atom. The van der Waals surface area contributed by atoms with E-state index in [2.05, 4.69) is 153 Å². The van der Waals surface area contributed by atoms with Crippen LogP contribution in [-0.2, 0) is 5.41 Å². The van der Waals surface area contributed by atoms with E-state index in [1.54, 1.807) is 0 Å². The fourth-order valence-electron chi connectivity index (χ4n) is 6.43. The summed E-state index contributed by atoms with van der Waals surface area (Å²) in [5.74, 6) is 0. The van der Waals surface area contributed by atoms with Crippen molar-refractivity contribution in [3.8, 4) is 11.1 Å². The van der Waals surface area contributed by atoms with E-state index in [9.17, 15) is 0 Å². The lowest BCUT2D eigenvalue weighted by Gasteiger charge is -2.32. The van der Waals surface area contributed by atoms with E-state index in [1.807, 2.05) is 0 Å². The molecule has 0 fully saturated rings. The predicted octanol–water partition coefficient (Wildman–Crippen LogP) is 8.82. The van der Waals surface area contributed by atoms with Crippen LogP contribution in [0.3, 0.4) is 0 Å². The quantitative estimate of drug-likeness (QED) is 0.267. The van der Waals surface area contributed by atoms with Crippen molar-refractivity contribution < 1.29 is 0 Å². The van der Waals surface area contributed by atoms with Crippen molar-refractivity contribution in [1.29, 1.82) is 0 Å². The molecule has 0 atom stereocenters. The van der Waals surface area contributed by atoms with Gasteiger partial charge in [0.15, 0.2) is 0 Å². The number of hydrogen-bond donors (Lipinski definition) is 0. The Hall–Kier alpha value is -4.10. The van der Waals surface area contributed by atoms with Crippen LogP contribution in [0.5, 0.6) is 0 Å². The zero-order valence-electron chi connectivity index (χ0n) is 21.9. The van der Waals surface area contributed by atoms with Crippen LogP contribution in [0.2, 0.25) is 0 Å². The SMILES string of the molecule is C/C=C\C1=C(/C=C\CN(c2ccccc2)C(C)C)C2(c3ccccc31)c1ccccc1-c1ccccc12. The van der Waals surface area contributed by atoms with Crippen molar-refractivity contribution in [3.63, 3.8) is 0 Å². The van der Waals surface area contributed by atoms with Crippen molar-refractivity contribution >= 4 is 11.3 Å². The second-order valence-corrected chi connectivity index (χ2v) is 10.2. The summed E-state index contributed by atoms with van der Waals surface area (Å²) in [5, 5.41) is 0. The van der Waals surface area contributed by atoms with Gasteiger partial charge in [-0.1, -0.05) is 115 Å². The molecule has 0 heterocycles. The van der Waals surface area contributed by atoms with Crippen LogP contribution >= 0.6 is 0 Å². The molecule has 0 N–H and O–H groups in total. The molecule has 2 aliphatic rings. The summed E-state index contributed by atoms with van der Waals surface area (Å²) < 4.78 is 0. The third-order valence-corrected chi connectivity index (χ3v) is 7.90. The van der Waals surface area contributed by atoms with Gasteiger partial charge in [-0.2, -0.15) is 0 Å². The molecule has 37 heavy (non-hydrogen) atoms. The Kier molecular flexibility index (Phi) is 5.93. The van der Waals surface area contributed by atoms with Crippen molar-refractivity contribution in [2.75, 3.05) is 11.4 Å². The fourth-order valence-corrected chi connectivity index (χ4v) is 6.43. The van der Waals surface area contributed by atoms with E-state index in [4.69, 9.17) is 0 Å². The van der Waals surface area contributed by atoms with Gasteiger partial charge in [-0.05, 0) is 77.4 Å². The van der Waals surface area contributed by atoms with Gasteiger partial charge in [0.1, 0.15) is 0 Å². The molecule has 0 saturated heterocycles. The smallest absolute Gasteiger partial charge is 0.0725 e. The van der Waals surface area contributed by atoms with Crippen molar-refractivity contribution in [1.82, 2.24) is 0 Å². The minimum absolute atomic E-state index is 0.315. The topological polar surface area (TPSA) is 3.24 Å². The highest BCUT2D eigenvalue weighted by atomic mass is 15.1. The Morgan fingerprint density at radius 3 is 1.73 bits per heavy atom. The highest BCUT2D eigenvalue weighted by Crippen LogP contribution is 2.62. The lowest BCUT2D eigenvalue weighted by atomic mass is 9.69. The molecule has 0 unspecified atom stereocenters. The second-order valence-electron chi connectivity index (χ2n) is 10.2. The van der Waals surface area contributed by atoms with Gasteiger partial charge in [0.05, 0.1) is 5.41 Å². The average molecular weight is 480 g/mol. The number of allylic oxidation sites excluding steroid dienone is 5. The van der Waals surface area contributed by atoms with Gasteiger partial charge >= 0.3 is 0 Å². The molecule has 6 rings (SSSR count). The molecular formula is C36H33N. The Labute approximate surface area is 221 Å². The van der Waals surface area contributed by atoms with Gasteiger partial charge in [-0.25, -0.2) is 0 Å². The van der Waals surface area contributed by atoms with Crippen LogP contribution in [0.4, 0.5) is 5.69 Å². The van der Waals surface area contributed by atoms with Gasteiger partial charge < -0.3 is 4.90 Å². The van der Waals surface area contributed by atoms with Crippen LogP contribution in [0.1, 0.15) is 43.0 Å². The molecule has 0 aliphatic heterocycles. The second kappa shape index (κ2) is 9.41. The summed E-state index contributed by atoms with van der Waals surface area (Å²) >= 11 is 0. The van der Waals surface area contributed by atoms with Crippen molar-refractivity contribution in [2.24, 2.45) is 0 Å². The zero-order valence-corrected chi connectivity index (χ0v) is 21.9. The number of benzene rings is 4. The number of fused-ring (bicyclic) bond motifs is 7. The summed E-state index contributed by atoms with van der Waals surface area (Å²) in [6, 6.07) is 38.1. The van der Waals surface area contributed by atoms with Gasteiger partial charge in [-0.3, -0.25) is 0 Å². The molecule has 182 valence electrons. The molecular weight excluding hydrogens is 446 g/mol. The number of para-hydroxylation sites is 1. The maximum absolute atomic E-state index is 2.46. The fraction of sp³-hybridized carbons (Fsp3) is 0.167. The summed E-state index contributed by atoms with van der Waals surface area (Å²) in [4.78, 5) is 2.46. The van der Waals surface area contributed by atoms with Crippen LogP contribution < -0.4 is 4.90 Å². The largest absolute Gasteiger partial charge is 0.365 e. The molecule has 4 aromatic carbocycles. The lowest BCUT2D eigenvalue weighted by molar-refractivity contribution is 0.721. The normalized spacial score (nSPS) is 15.1. The van der Waals surface area contributed by atoms with Gasteiger partial charge in [0.2, 0.25) is 0 Å². The molecule has 0 saturated carbocycles. The first-order valence-corrected chi connectivity index (χ1v) is 13.3. The van der Waals surface area contributed by atoms with Crippen LogP contribution in [-0.4, -0.2) is 12.6 Å². The molecule has 2 aliphatic carbocycles. The number of nitrogens with zero attached hydrogens (tertiary/aromatic N) is 1. The maximum atomic E-state index is 2.46. The van der Waals surface area contributed by atoms with E-state index in [0.29, 0.717) is 6.04 Å². The van der Waals surface area contributed by atoms with Gasteiger partial charge in [0, 0.05) is 18.3 Å². The third-order valence-electron chi connectivity index (χ3n) is 7.90. The van der Waals surface area contributed by atoms with Crippen molar-refractivity contribution in [2.45, 2.75) is 32.2 Å². The van der Waals surface area contributed by atoms with Crippen LogP contribution in [0.15, 0.2) is 133 Å². The highest BCUT2D eigenvalue weighted by Gasteiger charge is 2.51. The Bertz CT molecular complexity index is 1490. The number of anilines is 1. The highest BCUT2D eigenvalue weighted by molar-refractivity contribution is 5.97. The van der Waals surface area contributed by atoms with Crippen molar-refractivity contribution in [3.05, 3.63) is 155 Å². The van der Waals surface area contributed by atoms with Crippen LogP contribution in [0.25, 0.3) is 16.7 Å². The first-order chi connectivity index (χ1) is 18.2. The zero-order chi connectivity index (χ0) is 25.4. The number of hydrogen-bond acceptors (Lipinski definition) is 1. The monoisotopic (exact) mass is 479 g/mol. The first-order valence-electron chi connectivity index (χ1n) is 13.3. The van der Waals surface area contributed by atoms with E-state index >= 15 is 0 Å². The molecule has 0 amide bonds. The molecule has 0 bridgehead atoms. The first kappa shape index (κ1) is 23.3. The van der Waals surface area contributed by atoms with E-state index < -0.39 is 0 Å². The third kappa shape index (κ3) is 3.53. The Balaban J connectivity index is 1.56. The lowest BCUT2D eigenvalue weighted by Crippen LogP contribution is -2.31. The summed E-state index contributed by atoms with van der Waals surface area (Å²) in [6.45, 7) is 7.50. The molecule has 0 radical (unpaired) electrons. The maximum Gasteiger partial charge on any atom is 0.0725 e. The summed E-state index contributed by atoms with van der Waals surface area (Å²) in [6.07, 6.45) is 9.25. The van der Waals surface area contributed by atoms with E-state index in [-0.39, 0.29) is 5.41 Å². The summed E-state index contributed by atoms with van der Waals surface area (Å²) in [5.41, 5.74) is 11.8. The standard InChI is InChI=1S/C36H33N/c1-4-15-28-29-18-8-11-21-32(29)36(33-22-12-9-19-30(33)31-20-10-13-23-34(31)36)35(28)24-14-25-37(26(2)3)27-16-6-5-7-17-27/h4-24,26H,25H2,1-3H3/b15-4-,24-14-. The average Bonchev–Trinajstić information content (AvgIpc) is 3.38. The van der Waals surface area contributed by atoms with Crippen LogP contribution in [0, 0.1) is 0 Å². The minimum atomic E-state index is -0.315. The summed E-state index contributed by atoms with van der Waals surface area (Å²) in [7, 11) is 0. The van der Waals surface area contributed by atoms with Gasteiger partial charge in [-0.15, -0.1) is 0 Å². The van der Waals surface area contributed by atoms with E-state index in [0.717, 1.165) is 6.54 Å². The Morgan fingerprint density at radius 2 is 1.16 bits per heavy atom. The molecule has 1 spiro atoms. The minimum Gasteiger partial charge on any atom is -0.365 e. The number of rotatable bonds is 6. The molecule has 0 aromatic heterocycles. The van der Waals surface area contributed by atoms with Gasteiger partial charge in [0.25, 0.3) is 0 Å². The molecule has 1 nitrogen and oxygen atoms in total. The predicted molar refractivity (Wildman–Crippen MR) is 158 cm³/mol.